The standard InChI is InChI=1S/C52H39F3N4/c1-28-9-15-37-38-16-10-29(2)22-47(38)58(46(37)21-28)44-19-13-35(50-33(6)32(5)43(27-56)34(7)51(50)52(53,54)55)25-41(44)42-26-36(57-8)14-20-45(42)59-48-23-30(3)11-17-39(48)40-18-12-31(4)24-49(40)59/h9-26H,1-7H3. The summed E-state index contributed by atoms with van der Waals surface area (Å²) < 4.78 is 50.4. The molecule has 0 saturated carbocycles. The van der Waals surface area contributed by atoms with Crippen LogP contribution in [0.4, 0.5) is 18.9 Å². The van der Waals surface area contributed by atoms with Crippen LogP contribution in [0.25, 0.3) is 82.1 Å². The third-order valence-electron chi connectivity index (χ3n) is 12.0. The molecule has 0 spiro atoms. The predicted molar refractivity (Wildman–Crippen MR) is 235 cm³/mol. The molecule has 2 heterocycles. The molecule has 0 amide bonds. The zero-order valence-corrected chi connectivity index (χ0v) is 33.8. The fourth-order valence-corrected chi connectivity index (χ4v) is 9.14. The van der Waals surface area contributed by atoms with Gasteiger partial charge in [-0.25, -0.2) is 4.85 Å². The van der Waals surface area contributed by atoms with Crippen LogP contribution in [0.3, 0.4) is 0 Å². The molecule has 0 fully saturated rings. The molecule has 0 bridgehead atoms. The molecule has 0 saturated heterocycles. The van der Waals surface area contributed by atoms with Crippen molar-refractivity contribution in [3.63, 3.8) is 0 Å². The highest BCUT2D eigenvalue weighted by Gasteiger charge is 2.38. The number of halogens is 3. The summed E-state index contributed by atoms with van der Waals surface area (Å²) in [6.07, 6.45) is -4.74. The average Bonchev–Trinajstić information content (AvgIpc) is 3.68. The Kier molecular flexibility index (Phi) is 8.58. The molecule has 0 aliphatic heterocycles. The van der Waals surface area contributed by atoms with Gasteiger partial charge in [-0.15, -0.1) is 0 Å². The van der Waals surface area contributed by atoms with Crippen LogP contribution in [0, 0.1) is 66.4 Å². The number of nitrogens with zero attached hydrogens (tertiary/aromatic N) is 4. The molecular formula is C52H39F3N4. The molecule has 9 aromatic rings. The summed E-state index contributed by atoms with van der Waals surface area (Å²) in [7, 11) is 0. The van der Waals surface area contributed by atoms with E-state index in [0.29, 0.717) is 33.5 Å². The van der Waals surface area contributed by atoms with Gasteiger partial charge < -0.3 is 9.13 Å². The third kappa shape index (κ3) is 5.80. The van der Waals surface area contributed by atoms with Crippen LogP contribution in [0.5, 0.6) is 0 Å². The summed E-state index contributed by atoms with van der Waals surface area (Å²) >= 11 is 0. The van der Waals surface area contributed by atoms with Gasteiger partial charge in [0.1, 0.15) is 0 Å². The lowest BCUT2D eigenvalue weighted by molar-refractivity contribution is -0.137. The molecule has 4 nitrogen and oxygen atoms in total. The first-order chi connectivity index (χ1) is 28.2. The Morgan fingerprint density at radius 1 is 0.525 bits per heavy atom. The molecule has 0 unspecified atom stereocenters. The SMILES string of the molecule is [C-]#[N+]c1ccc(-n2c3cc(C)ccc3c3ccc(C)cc32)c(-c2cc(-c3c(C)c(C)c(C#N)c(C)c3C(F)(F)F)ccc2-n2c3cc(C)ccc3c3ccc(C)cc32)c1. The molecule has 7 heteroatoms. The molecule has 0 N–H and O–H groups in total. The Hall–Kier alpha value is -7.09. The number of rotatable bonds is 4. The van der Waals surface area contributed by atoms with Crippen molar-refractivity contribution in [2.75, 3.05) is 0 Å². The van der Waals surface area contributed by atoms with Crippen LogP contribution in [-0.2, 0) is 6.18 Å². The Morgan fingerprint density at radius 3 is 1.36 bits per heavy atom. The van der Waals surface area contributed by atoms with E-state index >= 15 is 13.2 Å². The maximum atomic E-state index is 15.3. The minimum absolute atomic E-state index is 0.0374. The Bertz CT molecular complexity index is 3240. The van der Waals surface area contributed by atoms with Gasteiger partial charge in [0, 0.05) is 27.1 Å². The van der Waals surface area contributed by atoms with Gasteiger partial charge in [-0.3, -0.25) is 0 Å². The van der Waals surface area contributed by atoms with Crippen LogP contribution in [0.15, 0.2) is 109 Å². The summed E-state index contributed by atoms with van der Waals surface area (Å²) in [6.45, 7) is 21.2. The maximum Gasteiger partial charge on any atom is 0.417 e. The second kappa shape index (κ2) is 13.5. The van der Waals surface area contributed by atoms with Gasteiger partial charge in [-0.1, -0.05) is 60.7 Å². The lowest BCUT2D eigenvalue weighted by Crippen LogP contribution is -2.14. The Morgan fingerprint density at radius 2 is 0.949 bits per heavy atom. The molecule has 59 heavy (non-hydrogen) atoms. The first kappa shape index (κ1) is 37.5. The van der Waals surface area contributed by atoms with Crippen molar-refractivity contribution in [2.24, 2.45) is 0 Å². The molecule has 0 atom stereocenters. The second-order valence-corrected chi connectivity index (χ2v) is 15.9. The van der Waals surface area contributed by atoms with Crippen LogP contribution < -0.4 is 0 Å². The number of benzene rings is 7. The summed E-state index contributed by atoms with van der Waals surface area (Å²) in [5.74, 6) is 0. The van der Waals surface area contributed by atoms with Crippen molar-refractivity contribution in [3.05, 3.63) is 171 Å². The summed E-state index contributed by atoms with van der Waals surface area (Å²) in [6, 6.07) is 38.8. The lowest BCUT2D eigenvalue weighted by Gasteiger charge is -2.24. The number of hydrogen-bond acceptors (Lipinski definition) is 1. The highest BCUT2D eigenvalue weighted by molar-refractivity contribution is 6.12. The second-order valence-electron chi connectivity index (χ2n) is 15.9. The number of fused-ring (bicyclic) bond motifs is 6. The maximum absolute atomic E-state index is 15.3. The van der Waals surface area contributed by atoms with Gasteiger partial charge >= 0.3 is 6.18 Å². The molecular weight excluding hydrogens is 738 g/mol. The third-order valence-corrected chi connectivity index (χ3v) is 12.0. The monoisotopic (exact) mass is 776 g/mol. The van der Waals surface area contributed by atoms with Crippen LogP contribution in [0.2, 0.25) is 0 Å². The van der Waals surface area contributed by atoms with Gasteiger partial charge in [0.15, 0.2) is 5.69 Å². The number of aromatic nitrogens is 2. The normalized spacial score (nSPS) is 11.9. The fourth-order valence-electron chi connectivity index (χ4n) is 9.14. The average molecular weight is 777 g/mol. The van der Waals surface area contributed by atoms with Crippen molar-refractivity contribution in [2.45, 2.75) is 54.6 Å². The first-order valence-corrected chi connectivity index (χ1v) is 19.5. The van der Waals surface area contributed by atoms with Crippen LogP contribution in [0.1, 0.15) is 50.1 Å². The van der Waals surface area contributed by atoms with Gasteiger partial charge in [0.2, 0.25) is 0 Å². The fraction of sp³-hybridized carbons (Fsp3) is 0.154. The van der Waals surface area contributed by atoms with Crippen molar-refractivity contribution in [1.82, 2.24) is 9.13 Å². The summed E-state index contributed by atoms with van der Waals surface area (Å²) in [4.78, 5) is 3.89. The van der Waals surface area contributed by atoms with Crippen LogP contribution >= 0.6 is 0 Å². The first-order valence-electron chi connectivity index (χ1n) is 19.5. The Labute approximate surface area is 340 Å². The topological polar surface area (TPSA) is 38.0 Å². The van der Waals surface area contributed by atoms with E-state index in [9.17, 15) is 5.26 Å². The van der Waals surface area contributed by atoms with Crippen molar-refractivity contribution in [3.8, 4) is 39.7 Å². The molecule has 0 aliphatic rings. The lowest BCUT2D eigenvalue weighted by atomic mass is 9.84. The Balaban J connectivity index is 1.49. The minimum Gasteiger partial charge on any atom is -0.309 e. The summed E-state index contributed by atoms with van der Waals surface area (Å²) in [5, 5.41) is 14.3. The predicted octanol–water partition coefficient (Wildman–Crippen LogP) is 14.8. The molecule has 288 valence electrons. The van der Waals surface area contributed by atoms with E-state index in [4.69, 9.17) is 6.57 Å². The van der Waals surface area contributed by atoms with Crippen molar-refractivity contribution < 1.29 is 13.2 Å². The summed E-state index contributed by atoms with van der Waals surface area (Å²) in [5.41, 5.74) is 11.9. The van der Waals surface area contributed by atoms with Crippen molar-refractivity contribution in [1.29, 1.82) is 5.26 Å². The molecule has 2 aromatic heterocycles. The highest BCUT2D eigenvalue weighted by atomic mass is 19.4. The molecule has 0 radical (unpaired) electrons. The smallest absolute Gasteiger partial charge is 0.309 e. The van der Waals surface area contributed by atoms with E-state index in [1.165, 1.54) is 6.92 Å². The zero-order valence-electron chi connectivity index (χ0n) is 33.8. The number of hydrogen-bond donors (Lipinski definition) is 0. The van der Waals surface area contributed by atoms with Crippen LogP contribution in [-0.4, -0.2) is 9.13 Å². The van der Waals surface area contributed by atoms with E-state index in [1.54, 1.807) is 19.9 Å². The molecule has 0 aliphatic carbocycles. The zero-order chi connectivity index (χ0) is 41.7. The largest absolute Gasteiger partial charge is 0.417 e. The molecule has 9 rings (SSSR count). The number of nitriles is 1. The van der Waals surface area contributed by atoms with E-state index < -0.39 is 11.7 Å². The van der Waals surface area contributed by atoms with Gasteiger partial charge in [0.05, 0.1) is 57.2 Å². The molecule has 7 aromatic carbocycles. The number of alkyl halides is 3. The van der Waals surface area contributed by atoms with Crippen molar-refractivity contribution >= 4 is 49.3 Å². The van der Waals surface area contributed by atoms with Gasteiger partial charge in [-0.2, -0.15) is 18.4 Å². The quantitative estimate of drug-likeness (QED) is 0.164. The highest BCUT2D eigenvalue weighted by Crippen LogP contribution is 2.48. The number of aryl methyl sites for hydroxylation is 4. The van der Waals surface area contributed by atoms with E-state index in [2.05, 4.69) is 114 Å². The minimum atomic E-state index is -4.74. The van der Waals surface area contributed by atoms with E-state index in [0.717, 1.165) is 77.2 Å². The van der Waals surface area contributed by atoms with Gasteiger partial charge in [-0.05, 0) is 153 Å². The van der Waals surface area contributed by atoms with Gasteiger partial charge in [0.25, 0.3) is 0 Å². The van der Waals surface area contributed by atoms with E-state index in [-0.39, 0.29) is 16.7 Å². The van der Waals surface area contributed by atoms with E-state index in [1.807, 2.05) is 36.4 Å².